The molecule has 0 N–H and O–H groups in total. The molecular weight excluding hydrogens is 428 g/mol. The molecular formula is C25H29ClN2O2S. The average Bonchev–Trinajstić information content (AvgIpc) is 2.77. The second kappa shape index (κ2) is 10.3. The molecule has 0 amide bonds. The molecule has 164 valence electrons. The fourth-order valence-electron chi connectivity index (χ4n) is 3.48. The van der Waals surface area contributed by atoms with E-state index in [1.807, 2.05) is 43.3 Å². The summed E-state index contributed by atoms with van der Waals surface area (Å²) in [5.74, 6) is 0. The summed E-state index contributed by atoms with van der Waals surface area (Å²) in [6.45, 7) is 8.61. The van der Waals surface area contributed by atoms with Crippen LogP contribution in [0.5, 0.6) is 0 Å². The van der Waals surface area contributed by atoms with Crippen molar-refractivity contribution in [2.45, 2.75) is 38.8 Å². The molecule has 4 nitrogen and oxygen atoms in total. The van der Waals surface area contributed by atoms with Crippen LogP contribution in [0.25, 0.3) is 0 Å². The van der Waals surface area contributed by atoms with Gasteiger partial charge in [0.1, 0.15) is 0 Å². The van der Waals surface area contributed by atoms with Gasteiger partial charge in [0.2, 0.25) is 10.0 Å². The molecule has 0 bridgehead atoms. The maximum Gasteiger partial charge on any atom is 0.243 e. The Morgan fingerprint density at radius 2 is 1.23 bits per heavy atom. The fourth-order valence-corrected chi connectivity index (χ4v) is 5.03. The Morgan fingerprint density at radius 1 is 0.742 bits per heavy atom. The minimum Gasteiger partial charge on any atom is -0.372 e. The van der Waals surface area contributed by atoms with Gasteiger partial charge in [-0.25, -0.2) is 8.42 Å². The van der Waals surface area contributed by atoms with E-state index in [1.54, 1.807) is 24.3 Å². The first-order valence-electron chi connectivity index (χ1n) is 10.5. The van der Waals surface area contributed by atoms with Crippen LogP contribution in [0.2, 0.25) is 5.02 Å². The molecule has 0 saturated carbocycles. The van der Waals surface area contributed by atoms with Crippen molar-refractivity contribution >= 4 is 27.3 Å². The maximum absolute atomic E-state index is 13.5. The van der Waals surface area contributed by atoms with Crippen molar-refractivity contribution in [2.24, 2.45) is 0 Å². The molecule has 0 saturated heterocycles. The Balaban J connectivity index is 1.91. The molecule has 0 aliphatic rings. The first-order valence-corrected chi connectivity index (χ1v) is 12.3. The van der Waals surface area contributed by atoms with Gasteiger partial charge in [-0.2, -0.15) is 4.31 Å². The molecule has 3 aromatic carbocycles. The summed E-state index contributed by atoms with van der Waals surface area (Å²) in [6, 6.07) is 22.4. The summed E-state index contributed by atoms with van der Waals surface area (Å²) in [6.07, 6.45) is 0. The highest BCUT2D eigenvalue weighted by Crippen LogP contribution is 2.23. The Kier molecular flexibility index (Phi) is 7.76. The lowest BCUT2D eigenvalue weighted by atomic mass is 10.1. The number of rotatable bonds is 9. The topological polar surface area (TPSA) is 40.6 Å². The Morgan fingerprint density at radius 3 is 1.71 bits per heavy atom. The van der Waals surface area contributed by atoms with Gasteiger partial charge in [0.05, 0.1) is 4.90 Å². The predicted octanol–water partition coefficient (Wildman–Crippen LogP) is 5.89. The van der Waals surface area contributed by atoms with Crippen LogP contribution in [0.3, 0.4) is 0 Å². The summed E-state index contributed by atoms with van der Waals surface area (Å²) in [4.78, 5) is 2.56. The van der Waals surface area contributed by atoms with Crippen LogP contribution in [0.1, 0.15) is 30.5 Å². The van der Waals surface area contributed by atoms with Crippen LogP contribution < -0.4 is 4.90 Å². The van der Waals surface area contributed by atoms with Crippen LogP contribution >= 0.6 is 11.6 Å². The van der Waals surface area contributed by atoms with Gasteiger partial charge in [0.15, 0.2) is 0 Å². The second-order valence-corrected chi connectivity index (χ2v) is 9.93. The third kappa shape index (κ3) is 5.88. The number of hydrogen-bond donors (Lipinski definition) is 0. The average molecular weight is 457 g/mol. The molecule has 0 unspecified atom stereocenters. The van der Waals surface area contributed by atoms with Gasteiger partial charge in [-0.3, -0.25) is 0 Å². The second-order valence-electron chi connectivity index (χ2n) is 7.55. The van der Waals surface area contributed by atoms with Gasteiger partial charge >= 0.3 is 0 Å². The summed E-state index contributed by atoms with van der Waals surface area (Å²) in [7, 11) is -3.67. The summed E-state index contributed by atoms with van der Waals surface area (Å²) in [5.41, 5.74) is 4.00. The van der Waals surface area contributed by atoms with E-state index in [9.17, 15) is 8.42 Å². The van der Waals surface area contributed by atoms with Crippen molar-refractivity contribution in [3.63, 3.8) is 0 Å². The highest BCUT2D eigenvalue weighted by atomic mass is 35.5. The van der Waals surface area contributed by atoms with Gasteiger partial charge in [-0.05, 0) is 68.3 Å². The van der Waals surface area contributed by atoms with E-state index in [2.05, 4.69) is 30.9 Å². The molecule has 0 atom stereocenters. The van der Waals surface area contributed by atoms with E-state index in [1.165, 1.54) is 4.31 Å². The number of aryl methyl sites for hydroxylation is 1. The Bertz CT molecular complexity index is 1080. The molecule has 0 aliphatic heterocycles. The third-order valence-corrected chi connectivity index (χ3v) is 7.41. The van der Waals surface area contributed by atoms with Crippen molar-refractivity contribution in [2.75, 3.05) is 18.0 Å². The van der Waals surface area contributed by atoms with Crippen LogP contribution in [0.4, 0.5) is 5.69 Å². The molecule has 0 spiro atoms. The SMILES string of the molecule is CCN(CC)c1ccc(CN(Cc2ccc(Cl)cc2)S(=O)(=O)c2ccc(C)cc2)cc1. The fraction of sp³-hybridized carbons (Fsp3) is 0.280. The molecule has 6 heteroatoms. The van der Waals surface area contributed by atoms with Crippen molar-refractivity contribution in [1.29, 1.82) is 0 Å². The van der Waals surface area contributed by atoms with Crippen molar-refractivity contribution in [3.8, 4) is 0 Å². The van der Waals surface area contributed by atoms with Gasteiger partial charge in [-0.1, -0.05) is 53.6 Å². The number of sulfonamides is 1. The van der Waals surface area contributed by atoms with Crippen LogP contribution in [0.15, 0.2) is 77.7 Å². The lowest BCUT2D eigenvalue weighted by Crippen LogP contribution is -2.30. The van der Waals surface area contributed by atoms with Gasteiger partial charge < -0.3 is 4.90 Å². The molecule has 0 fully saturated rings. The highest BCUT2D eigenvalue weighted by molar-refractivity contribution is 7.89. The van der Waals surface area contributed by atoms with Crippen LogP contribution in [-0.4, -0.2) is 25.8 Å². The number of benzene rings is 3. The quantitative estimate of drug-likeness (QED) is 0.403. The zero-order valence-electron chi connectivity index (χ0n) is 18.3. The first kappa shape index (κ1) is 23.3. The van der Waals surface area contributed by atoms with E-state index in [4.69, 9.17) is 11.6 Å². The van der Waals surface area contributed by atoms with Gasteiger partial charge in [-0.15, -0.1) is 0 Å². The third-order valence-electron chi connectivity index (χ3n) is 5.35. The normalized spacial score (nSPS) is 11.6. The zero-order valence-corrected chi connectivity index (χ0v) is 19.8. The first-order chi connectivity index (χ1) is 14.8. The summed E-state index contributed by atoms with van der Waals surface area (Å²) >= 11 is 6.01. The minimum atomic E-state index is -3.67. The Hall–Kier alpha value is -2.34. The molecule has 3 aromatic rings. The number of hydrogen-bond acceptors (Lipinski definition) is 3. The number of nitrogens with zero attached hydrogens (tertiary/aromatic N) is 2. The van der Waals surface area contributed by atoms with E-state index >= 15 is 0 Å². The monoisotopic (exact) mass is 456 g/mol. The molecule has 0 aliphatic carbocycles. The van der Waals surface area contributed by atoms with E-state index < -0.39 is 10.0 Å². The van der Waals surface area contributed by atoms with Crippen molar-refractivity contribution < 1.29 is 8.42 Å². The standard InChI is InChI=1S/C25H29ClN2O2S/c1-4-27(5-2)24-14-10-22(11-15-24)19-28(18-21-8-12-23(26)13-9-21)31(29,30)25-16-6-20(3)7-17-25/h6-17H,4-5,18-19H2,1-3H3. The molecule has 31 heavy (non-hydrogen) atoms. The smallest absolute Gasteiger partial charge is 0.243 e. The lowest BCUT2D eigenvalue weighted by Gasteiger charge is -2.24. The molecule has 0 heterocycles. The van der Waals surface area contributed by atoms with E-state index in [0.717, 1.165) is 35.5 Å². The molecule has 0 radical (unpaired) electrons. The summed E-state index contributed by atoms with van der Waals surface area (Å²) in [5, 5.41) is 0.628. The number of halogens is 1. The van der Waals surface area contributed by atoms with E-state index in [0.29, 0.717) is 9.92 Å². The highest BCUT2D eigenvalue weighted by Gasteiger charge is 2.25. The molecule has 3 rings (SSSR count). The maximum atomic E-state index is 13.5. The predicted molar refractivity (Wildman–Crippen MR) is 129 cm³/mol. The lowest BCUT2D eigenvalue weighted by molar-refractivity contribution is 0.401. The largest absolute Gasteiger partial charge is 0.372 e. The van der Waals surface area contributed by atoms with Crippen molar-refractivity contribution in [1.82, 2.24) is 4.31 Å². The Labute approximate surface area is 191 Å². The molecule has 0 aromatic heterocycles. The van der Waals surface area contributed by atoms with Crippen molar-refractivity contribution in [3.05, 3.63) is 94.5 Å². The van der Waals surface area contributed by atoms with Gasteiger partial charge in [0, 0.05) is 36.9 Å². The van der Waals surface area contributed by atoms with E-state index in [-0.39, 0.29) is 13.1 Å². The van der Waals surface area contributed by atoms with Crippen LogP contribution in [-0.2, 0) is 23.1 Å². The zero-order chi connectivity index (χ0) is 22.4. The minimum absolute atomic E-state index is 0.269. The van der Waals surface area contributed by atoms with Gasteiger partial charge in [0.25, 0.3) is 0 Å². The van der Waals surface area contributed by atoms with Crippen LogP contribution in [0, 0.1) is 6.92 Å². The number of anilines is 1. The summed E-state index contributed by atoms with van der Waals surface area (Å²) < 4.78 is 28.5.